The van der Waals surface area contributed by atoms with Crippen LogP contribution in [0.2, 0.25) is 0 Å². The Hall–Kier alpha value is -0.910. The minimum absolute atomic E-state index is 0.00977. The van der Waals surface area contributed by atoms with Crippen LogP contribution >= 0.6 is 0 Å². The monoisotopic (exact) mass is 297 g/mol. The molecular weight excluding hydrogens is 274 g/mol. The summed E-state index contributed by atoms with van der Waals surface area (Å²) in [5.41, 5.74) is -0.477. The molecule has 0 amide bonds. The Bertz CT molecular complexity index is 519. The fraction of sp³-hybridized carbons (Fsp3) is 0.600. The highest BCUT2D eigenvalue weighted by Gasteiger charge is 2.30. The standard InChI is InChI=1S/C15H23NO3S/c1-15(17,13-8-4-2-5-9-13)12-16-20(18,19)14-10-6-3-7-11-14/h2,4-5,8-9,14,16-17H,3,6-7,10-12H2,1H3. The lowest BCUT2D eigenvalue weighted by Gasteiger charge is -2.27. The molecule has 0 bridgehead atoms. The van der Waals surface area contributed by atoms with Crippen molar-refractivity contribution in [3.8, 4) is 0 Å². The van der Waals surface area contributed by atoms with E-state index in [1.54, 1.807) is 19.1 Å². The van der Waals surface area contributed by atoms with Gasteiger partial charge in [0.25, 0.3) is 0 Å². The maximum absolute atomic E-state index is 12.2. The third-order valence-electron chi connectivity index (χ3n) is 4.00. The average Bonchev–Trinajstić information content (AvgIpc) is 2.47. The number of hydrogen-bond donors (Lipinski definition) is 2. The van der Waals surface area contributed by atoms with Crippen LogP contribution in [-0.4, -0.2) is 25.3 Å². The molecular formula is C15H23NO3S. The van der Waals surface area contributed by atoms with Gasteiger partial charge in [-0.1, -0.05) is 49.6 Å². The van der Waals surface area contributed by atoms with E-state index in [0.29, 0.717) is 5.56 Å². The zero-order valence-electron chi connectivity index (χ0n) is 11.9. The molecule has 1 unspecified atom stereocenters. The van der Waals surface area contributed by atoms with Crippen LogP contribution in [0.4, 0.5) is 0 Å². The van der Waals surface area contributed by atoms with Crippen molar-refractivity contribution in [3.63, 3.8) is 0 Å². The fourth-order valence-corrected chi connectivity index (χ4v) is 4.31. The van der Waals surface area contributed by atoms with E-state index in [0.717, 1.165) is 32.1 Å². The van der Waals surface area contributed by atoms with Gasteiger partial charge in [-0.15, -0.1) is 0 Å². The molecule has 1 fully saturated rings. The van der Waals surface area contributed by atoms with Crippen molar-refractivity contribution in [1.29, 1.82) is 0 Å². The summed E-state index contributed by atoms with van der Waals surface area (Å²) in [5, 5.41) is 10.1. The molecule has 0 spiro atoms. The van der Waals surface area contributed by atoms with Gasteiger partial charge in [0.1, 0.15) is 5.60 Å². The molecule has 1 aromatic rings. The molecule has 0 radical (unpaired) electrons. The Kier molecular flexibility index (Phi) is 4.83. The summed E-state index contributed by atoms with van der Waals surface area (Å²) in [5.74, 6) is 0. The van der Waals surface area contributed by atoms with Crippen molar-refractivity contribution in [1.82, 2.24) is 4.72 Å². The van der Waals surface area contributed by atoms with Gasteiger partial charge in [-0.3, -0.25) is 0 Å². The first kappa shape index (κ1) is 15.5. The number of nitrogens with one attached hydrogen (secondary N) is 1. The summed E-state index contributed by atoms with van der Waals surface area (Å²) in [6.07, 6.45) is 4.51. The highest BCUT2D eigenvalue weighted by atomic mass is 32.2. The van der Waals surface area contributed by atoms with Gasteiger partial charge in [-0.25, -0.2) is 13.1 Å². The van der Waals surface area contributed by atoms with Crippen LogP contribution in [0.15, 0.2) is 30.3 Å². The second-order valence-electron chi connectivity index (χ2n) is 5.77. The number of hydrogen-bond acceptors (Lipinski definition) is 3. The second kappa shape index (κ2) is 6.24. The molecule has 20 heavy (non-hydrogen) atoms. The lowest BCUT2D eigenvalue weighted by atomic mass is 9.97. The third-order valence-corrected chi connectivity index (χ3v) is 5.90. The fourth-order valence-electron chi connectivity index (χ4n) is 2.63. The first-order valence-corrected chi connectivity index (χ1v) is 8.73. The lowest BCUT2D eigenvalue weighted by Crippen LogP contribution is -2.43. The van der Waals surface area contributed by atoms with Crippen LogP contribution in [0.1, 0.15) is 44.6 Å². The predicted molar refractivity (Wildman–Crippen MR) is 79.8 cm³/mol. The molecule has 1 saturated carbocycles. The minimum Gasteiger partial charge on any atom is -0.384 e. The summed E-state index contributed by atoms with van der Waals surface area (Å²) in [7, 11) is -3.33. The summed E-state index contributed by atoms with van der Waals surface area (Å²) in [4.78, 5) is 0. The van der Waals surface area contributed by atoms with Crippen LogP contribution in [-0.2, 0) is 15.6 Å². The smallest absolute Gasteiger partial charge is 0.214 e. The molecule has 5 heteroatoms. The van der Waals surface area contributed by atoms with E-state index < -0.39 is 15.6 Å². The third kappa shape index (κ3) is 3.81. The van der Waals surface area contributed by atoms with Crippen molar-refractivity contribution in [2.24, 2.45) is 0 Å². The average molecular weight is 297 g/mol. The van der Waals surface area contributed by atoms with Gasteiger partial charge in [-0.05, 0) is 25.3 Å². The number of aliphatic hydroxyl groups is 1. The maximum Gasteiger partial charge on any atom is 0.214 e. The quantitative estimate of drug-likeness (QED) is 0.875. The van der Waals surface area contributed by atoms with Crippen molar-refractivity contribution in [3.05, 3.63) is 35.9 Å². The zero-order chi connectivity index (χ0) is 14.6. The van der Waals surface area contributed by atoms with Crippen molar-refractivity contribution < 1.29 is 13.5 Å². The molecule has 0 heterocycles. The topological polar surface area (TPSA) is 66.4 Å². The van der Waals surface area contributed by atoms with Gasteiger partial charge in [0.15, 0.2) is 0 Å². The molecule has 0 saturated heterocycles. The van der Waals surface area contributed by atoms with E-state index in [1.807, 2.05) is 18.2 Å². The number of benzene rings is 1. The predicted octanol–water partition coefficient (Wildman–Crippen LogP) is 2.15. The Morgan fingerprint density at radius 1 is 1.20 bits per heavy atom. The van der Waals surface area contributed by atoms with Crippen LogP contribution in [0.3, 0.4) is 0 Å². The SMILES string of the molecule is CC(O)(CNS(=O)(=O)C1CCCCC1)c1ccccc1. The molecule has 1 aliphatic rings. The maximum atomic E-state index is 12.2. The van der Waals surface area contributed by atoms with E-state index in [-0.39, 0.29) is 11.8 Å². The number of rotatable bonds is 5. The molecule has 2 N–H and O–H groups in total. The van der Waals surface area contributed by atoms with Crippen molar-refractivity contribution in [2.45, 2.75) is 49.9 Å². The van der Waals surface area contributed by atoms with Gasteiger partial charge in [0, 0.05) is 6.54 Å². The highest BCUT2D eigenvalue weighted by Crippen LogP contribution is 2.24. The van der Waals surface area contributed by atoms with E-state index in [9.17, 15) is 13.5 Å². The van der Waals surface area contributed by atoms with Crippen LogP contribution < -0.4 is 4.72 Å². The Morgan fingerprint density at radius 3 is 2.40 bits per heavy atom. The van der Waals surface area contributed by atoms with Gasteiger partial charge < -0.3 is 5.11 Å². The van der Waals surface area contributed by atoms with Gasteiger partial charge >= 0.3 is 0 Å². The first-order valence-electron chi connectivity index (χ1n) is 7.18. The molecule has 0 aliphatic heterocycles. The largest absolute Gasteiger partial charge is 0.384 e. The van der Waals surface area contributed by atoms with Gasteiger partial charge in [0.2, 0.25) is 10.0 Å². The summed E-state index contributed by atoms with van der Waals surface area (Å²) in [6, 6.07) is 9.13. The summed E-state index contributed by atoms with van der Waals surface area (Å²) < 4.78 is 27.1. The molecule has 1 atom stereocenters. The Balaban J connectivity index is 2.00. The molecule has 0 aromatic heterocycles. The number of sulfonamides is 1. The van der Waals surface area contributed by atoms with Crippen LogP contribution in [0.5, 0.6) is 0 Å². The van der Waals surface area contributed by atoms with E-state index in [1.165, 1.54) is 0 Å². The van der Waals surface area contributed by atoms with Gasteiger partial charge in [-0.2, -0.15) is 0 Å². The zero-order valence-corrected chi connectivity index (χ0v) is 12.7. The minimum atomic E-state index is -3.33. The van der Waals surface area contributed by atoms with Crippen molar-refractivity contribution in [2.75, 3.05) is 6.54 Å². The van der Waals surface area contributed by atoms with Crippen LogP contribution in [0, 0.1) is 0 Å². The lowest BCUT2D eigenvalue weighted by molar-refractivity contribution is 0.0626. The Labute approximate surface area is 121 Å². The van der Waals surface area contributed by atoms with Crippen molar-refractivity contribution >= 4 is 10.0 Å². The normalized spacial score (nSPS) is 20.5. The molecule has 1 aromatic carbocycles. The van der Waals surface area contributed by atoms with E-state index >= 15 is 0 Å². The van der Waals surface area contributed by atoms with Crippen LogP contribution in [0.25, 0.3) is 0 Å². The first-order chi connectivity index (χ1) is 9.42. The van der Waals surface area contributed by atoms with E-state index in [4.69, 9.17) is 0 Å². The molecule has 4 nitrogen and oxygen atoms in total. The molecule has 2 rings (SSSR count). The Morgan fingerprint density at radius 2 is 1.80 bits per heavy atom. The molecule has 1 aliphatic carbocycles. The summed E-state index contributed by atoms with van der Waals surface area (Å²) in [6.45, 7) is 1.64. The highest BCUT2D eigenvalue weighted by molar-refractivity contribution is 7.90. The van der Waals surface area contributed by atoms with Gasteiger partial charge in [0.05, 0.1) is 5.25 Å². The summed E-state index contributed by atoms with van der Waals surface area (Å²) >= 11 is 0. The molecule has 112 valence electrons. The second-order valence-corrected chi connectivity index (χ2v) is 7.81. The van der Waals surface area contributed by atoms with E-state index in [2.05, 4.69) is 4.72 Å².